The van der Waals surface area contributed by atoms with E-state index < -0.39 is 0 Å². The van der Waals surface area contributed by atoms with Gasteiger partial charge in [0, 0.05) is 13.5 Å². The van der Waals surface area contributed by atoms with Gasteiger partial charge in [0.15, 0.2) is 0 Å². The first kappa shape index (κ1) is 13.7. The number of benzene rings is 1. The van der Waals surface area contributed by atoms with Crippen LogP contribution in [0.3, 0.4) is 0 Å². The molecule has 0 spiro atoms. The minimum atomic E-state index is -0.354. The second-order valence-electron chi connectivity index (χ2n) is 4.69. The number of anilines is 1. The molecule has 3 heteroatoms. The molecule has 0 heterocycles. The first-order valence-corrected chi connectivity index (χ1v) is 6.03. The Kier molecular flexibility index (Phi) is 5.13. The first-order chi connectivity index (χ1) is 8.02. The Morgan fingerprint density at radius 3 is 2.59 bits per heavy atom. The standard InChI is InChI=1S/C14H20FNO/c1-11(2)7-6-10-14(17)16(3)13-9-5-4-8-12(13)15/h4-5,8-9,11H,6-7,10H2,1-3H3. The highest BCUT2D eigenvalue weighted by Gasteiger charge is 2.13. The van der Waals surface area contributed by atoms with Crippen molar-refractivity contribution in [2.75, 3.05) is 11.9 Å². The van der Waals surface area contributed by atoms with Crippen LogP contribution in [0.15, 0.2) is 24.3 Å². The summed E-state index contributed by atoms with van der Waals surface area (Å²) in [7, 11) is 1.62. The van der Waals surface area contributed by atoms with Gasteiger partial charge in [-0.2, -0.15) is 0 Å². The van der Waals surface area contributed by atoms with Crippen molar-refractivity contribution < 1.29 is 9.18 Å². The SMILES string of the molecule is CC(C)CCCC(=O)N(C)c1ccccc1F. The van der Waals surface area contributed by atoms with Gasteiger partial charge in [-0.1, -0.05) is 32.4 Å². The van der Waals surface area contributed by atoms with E-state index in [1.807, 2.05) is 0 Å². The molecule has 0 saturated carbocycles. The van der Waals surface area contributed by atoms with Crippen molar-refractivity contribution in [3.05, 3.63) is 30.1 Å². The predicted molar refractivity (Wildman–Crippen MR) is 68.5 cm³/mol. The molecule has 0 N–H and O–H groups in total. The molecule has 0 unspecified atom stereocenters. The smallest absolute Gasteiger partial charge is 0.226 e. The van der Waals surface area contributed by atoms with Gasteiger partial charge < -0.3 is 4.90 Å². The average molecular weight is 237 g/mol. The maximum Gasteiger partial charge on any atom is 0.226 e. The molecule has 0 bridgehead atoms. The van der Waals surface area contributed by atoms with Crippen molar-refractivity contribution in [1.82, 2.24) is 0 Å². The van der Waals surface area contributed by atoms with Crippen LogP contribution in [0, 0.1) is 11.7 Å². The lowest BCUT2D eigenvalue weighted by Gasteiger charge is -2.18. The van der Waals surface area contributed by atoms with Crippen LogP contribution in [0.5, 0.6) is 0 Å². The number of rotatable bonds is 5. The molecular formula is C14H20FNO. The molecule has 1 amide bonds. The summed E-state index contributed by atoms with van der Waals surface area (Å²) >= 11 is 0. The van der Waals surface area contributed by atoms with Crippen molar-refractivity contribution in [3.8, 4) is 0 Å². The second-order valence-corrected chi connectivity index (χ2v) is 4.69. The number of hydrogen-bond acceptors (Lipinski definition) is 1. The van der Waals surface area contributed by atoms with Crippen molar-refractivity contribution in [2.45, 2.75) is 33.1 Å². The summed E-state index contributed by atoms with van der Waals surface area (Å²) < 4.78 is 13.5. The number of carbonyl (C=O) groups excluding carboxylic acids is 1. The van der Waals surface area contributed by atoms with E-state index in [2.05, 4.69) is 13.8 Å². The number of para-hydroxylation sites is 1. The van der Waals surface area contributed by atoms with Gasteiger partial charge in [0.05, 0.1) is 5.69 Å². The fourth-order valence-electron chi connectivity index (χ4n) is 1.69. The molecule has 0 aliphatic heterocycles. The highest BCUT2D eigenvalue weighted by molar-refractivity contribution is 5.92. The highest BCUT2D eigenvalue weighted by atomic mass is 19.1. The van der Waals surface area contributed by atoms with E-state index in [4.69, 9.17) is 0 Å². The van der Waals surface area contributed by atoms with Crippen LogP contribution in [0.4, 0.5) is 10.1 Å². The van der Waals surface area contributed by atoms with E-state index in [1.54, 1.807) is 25.2 Å². The molecule has 0 aliphatic rings. The van der Waals surface area contributed by atoms with Crippen LogP contribution < -0.4 is 4.90 Å². The molecule has 1 aromatic rings. The van der Waals surface area contributed by atoms with E-state index in [0.717, 1.165) is 12.8 Å². The zero-order valence-corrected chi connectivity index (χ0v) is 10.7. The number of carbonyl (C=O) groups is 1. The van der Waals surface area contributed by atoms with Gasteiger partial charge in [-0.3, -0.25) is 4.79 Å². The van der Waals surface area contributed by atoms with E-state index in [0.29, 0.717) is 18.0 Å². The zero-order chi connectivity index (χ0) is 12.8. The maximum absolute atomic E-state index is 13.5. The normalized spacial score (nSPS) is 10.6. The fourth-order valence-corrected chi connectivity index (χ4v) is 1.69. The molecule has 94 valence electrons. The van der Waals surface area contributed by atoms with Crippen molar-refractivity contribution in [3.63, 3.8) is 0 Å². The Hall–Kier alpha value is -1.38. The summed E-state index contributed by atoms with van der Waals surface area (Å²) in [5, 5.41) is 0. The minimum absolute atomic E-state index is 0.0317. The molecule has 1 aromatic carbocycles. The van der Waals surface area contributed by atoms with E-state index in [1.165, 1.54) is 11.0 Å². The quantitative estimate of drug-likeness (QED) is 0.766. The van der Waals surface area contributed by atoms with Gasteiger partial charge in [-0.25, -0.2) is 4.39 Å². The van der Waals surface area contributed by atoms with Crippen molar-refractivity contribution in [2.24, 2.45) is 5.92 Å². The highest BCUT2D eigenvalue weighted by Crippen LogP contribution is 2.18. The molecule has 17 heavy (non-hydrogen) atoms. The van der Waals surface area contributed by atoms with Crippen molar-refractivity contribution in [1.29, 1.82) is 0 Å². The topological polar surface area (TPSA) is 20.3 Å². The van der Waals surface area contributed by atoms with Gasteiger partial charge in [0.25, 0.3) is 0 Å². The van der Waals surface area contributed by atoms with E-state index in [-0.39, 0.29) is 11.7 Å². The number of halogens is 1. The third-order valence-corrected chi connectivity index (χ3v) is 2.76. The third-order valence-electron chi connectivity index (χ3n) is 2.76. The molecule has 0 aromatic heterocycles. The Balaban J connectivity index is 2.55. The number of nitrogens with zero attached hydrogens (tertiary/aromatic N) is 1. The van der Waals surface area contributed by atoms with E-state index in [9.17, 15) is 9.18 Å². The summed E-state index contributed by atoms with van der Waals surface area (Å²) in [5.41, 5.74) is 0.349. The average Bonchev–Trinajstić information content (AvgIpc) is 2.28. The molecule has 0 saturated heterocycles. The lowest BCUT2D eigenvalue weighted by Crippen LogP contribution is -2.26. The van der Waals surface area contributed by atoms with Crippen molar-refractivity contribution >= 4 is 11.6 Å². The van der Waals surface area contributed by atoms with Gasteiger partial charge in [0.1, 0.15) is 5.82 Å². The van der Waals surface area contributed by atoms with Crippen LogP contribution >= 0.6 is 0 Å². The molecule has 0 radical (unpaired) electrons. The van der Waals surface area contributed by atoms with Gasteiger partial charge >= 0.3 is 0 Å². The van der Waals surface area contributed by atoms with E-state index >= 15 is 0 Å². The van der Waals surface area contributed by atoms with Crippen LogP contribution in [-0.4, -0.2) is 13.0 Å². The van der Waals surface area contributed by atoms with Crippen LogP contribution in [0.2, 0.25) is 0 Å². The van der Waals surface area contributed by atoms with Crippen LogP contribution in [0.1, 0.15) is 33.1 Å². The lowest BCUT2D eigenvalue weighted by atomic mass is 10.1. The molecule has 0 aliphatic carbocycles. The van der Waals surface area contributed by atoms with Gasteiger partial charge in [-0.05, 0) is 24.5 Å². The Morgan fingerprint density at radius 1 is 1.35 bits per heavy atom. The zero-order valence-electron chi connectivity index (χ0n) is 10.7. The minimum Gasteiger partial charge on any atom is -0.313 e. The summed E-state index contributed by atoms with van der Waals surface area (Å²) in [4.78, 5) is 13.2. The monoisotopic (exact) mass is 237 g/mol. The molecular weight excluding hydrogens is 217 g/mol. The lowest BCUT2D eigenvalue weighted by molar-refractivity contribution is -0.118. The van der Waals surface area contributed by atoms with Gasteiger partial charge in [-0.15, -0.1) is 0 Å². The first-order valence-electron chi connectivity index (χ1n) is 6.03. The summed E-state index contributed by atoms with van der Waals surface area (Å²) in [6.45, 7) is 4.26. The molecule has 2 nitrogen and oxygen atoms in total. The number of amides is 1. The predicted octanol–water partition coefficient (Wildman–Crippen LogP) is 3.61. The summed E-state index contributed by atoms with van der Waals surface area (Å²) in [6, 6.07) is 6.34. The summed E-state index contributed by atoms with van der Waals surface area (Å²) in [5.74, 6) is 0.213. The Morgan fingerprint density at radius 2 is 2.00 bits per heavy atom. The fraction of sp³-hybridized carbons (Fsp3) is 0.500. The van der Waals surface area contributed by atoms with Crippen LogP contribution in [-0.2, 0) is 4.79 Å². The van der Waals surface area contributed by atoms with Crippen LogP contribution in [0.25, 0.3) is 0 Å². The second kappa shape index (κ2) is 6.38. The Labute approximate surface area is 102 Å². The third kappa shape index (κ3) is 4.17. The molecule has 0 atom stereocenters. The largest absolute Gasteiger partial charge is 0.313 e. The molecule has 0 fully saturated rings. The molecule has 1 rings (SSSR count). The summed E-state index contributed by atoms with van der Waals surface area (Å²) in [6.07, 6.45) is 2.36. The number of hydrogen-bond donors (Lipinski definition) is 0. The Bertz CT molecular complexity index is 376. The maximum atomic E-state index is 13.5. The van der Waals surface area contributed by atoms with Gasteiger partial charge in [0.2, 0.25) is 5.91 Å².